The lowest BCUT2D eigenvalue weighted by atomic mass is 9.96. The number of hydrogen-bond donors (Lipinski definition) is 1. The van der Waals surface area contributed by atoms with E-state index in [2.05, 4.69) is 5.32 Å². The summed E-state index contributed by atoms with van der Waals surface area (Å²) in [7, 11) is 3.48. The van der Waals surface area contributed by atoms with Gasteiger partial charge < -0.3 is 15.1 Å². The number of urea groups is 1. The van der Waals surface area contributed by atoms with Gasteiger partial charge in [-0.15, -0.1) is 0 Å². The number of nitrogens with zero attached hydrogens (tertiary/aromatic N) is 2. The summed E-state index contributed by atoms with van der Waals surface area (Å²) < 4.78 is 0. The first kappa shape index (κ1) is 16.6. The van der Waals surface area contributed by atoms with E-state index in [-0.39, 0.29) is 17.9 Å². The van der Waals surface area contributed by atoms with Crippen molar-refractivity contribution < 1.29 is 9.59 Å². The van der Waals surface area contributed by atoms with Gasteiger partial charge >= 0.3 is 6.03 Å². The van der Waals surface area contributed by atoms with Gasteiger partial charge in [0.25, 0.3) is 0 Å². The molecule has 0 atom stereocenters. The summed E-state index contributed by atoms with van der Waals surface area (Å²) in [6, 6.07) is 5.48. The van der Waals surface area contributed by atoms with Crippen molar-refractivity contribution in [1.29, 1.82) is 0 Å². The predicted molar refractivity (Wildman–Crippen MR) is 88.2 cm³/mol. The molecule has 0 radical (unpaired) electrons. The van der Waals surface area contributed by atoms with Gasteiger partial charge in [0.05, 0.1) is 0 Å². The molecule has 1 heterocycles. The first-order valence-electron chi connectivity index (χ1n) is 7.42. The SMILES string of the molecule is Cc1c(Cl)cccc1NC(=O)C1CCN(C(=O)N(C)C)CC1. The minimum absolute atomic E-state index is 0.00215. The largest absolute Gasteiger partial charge is 0.331 e. The fourth-order valence-corrected chi connectivity index (χ4v) is 2.77. The molecule has 0 aromatic heterocycles. The van der Waals surface area contributed by atoms with Gasteiger partial charge in [0, 0.05) is 43.8 Å². The number of benzene rings is 1. The third-order valence-electron chi connectivity index (χ3n) is 4.04. The molecule has 22 heavy (non-hydrogen) atoms. The quantitative estimate of drug-likeness (QED) is 0.909. The van der Waals surface area contributed by atoms with Gasteiger partial charge in [-0.25, -0.2) is 4.79 Å². The second kappa shape index (κ2) is 7.01. The van der Waals surface area contributed by atoms with Gasteiger partial charge in [-0.1, -0.05) is 17.7 Å². The Morgan fingerprint density at radius 1 is 1.27 bits per heavy atom. The molecule has 1 fully saturated rings. The molecule has 1 aliphatic heterocycles. The molecular formula is C16H22ClN3O2. The fraction of sp³-hybridized carbons (Fsp3) is 0.500. The van der Waals surface area contributed by atoms with Crippen LogP contribution in [0.25, 0.3) is 0 Å². The van der Waals surface area contributed by atoms with Crippen LogP contribution in [-0.2, 0) is 4.79 Å². The monoisotopic (exact) mass is 323 g/mol. The van der Waals surface area contributed by atoms with Crippen LogP contribution >= 0.6 is 11.6 Å². The number of anilines is 1. The summed E-state index contributed by atoms with van der Waals surface area (Å²) in [4.78, 5) is 27.6. The third-order valence-corrected chi connectivity index (χ3v) is 4.45. The van der Waals surface area contributed by atoms with Gasteiger partial charge in [-0.05, 0) is 37.5 Å². The number of piperidine rings is 1. The van der Waals surface area contributed by atoms with Gasteiger partial charge in [-0.3, -0.25) is 4.79 Å². The second-order valence-corrected chi connectivity index (χ2v) is 6.25. The van der Waals surface area contributed by atoms with Gasteiger partial charge in [-0.2, -0.15) is 0 Å². The molecule has 1 aliphatic rings. The molecule has 0 bridgehead atoms. The number of nitrogens with one attached hydrogen (secondary N) is 1. The molecular weight excluding hydrogens is 302 g/mol. The molecule has 0 aliphatic carbocycles. The van der Waals surface area contributed by atoms with Crippen molar-refractivity contribution in [2.75, 3.05) is 32.5 Å². The topological polar surface area (TPSA) is 52.7 Å². The minimum Gasteiger partial charge on any atom is -0.331 e. The van der Waals surface area contributed by atoms with Crippen molar-refractivity contribution in [1.82, 2.24) is 9.80 Å². The molecule has 0 saturated carbocycles. The lowest BCUT2D eigenvalue weighted by Gasteiger charge is -2.33. The second-order valence-electron chi connectivity index (χ2n) is 5.84. The highest BCUT2D eigenvalue weighted by atomic mass is 35.5. The minimum atomic E-state index is -0.0652. The first-order valence-corrected chi connectivity index (χ1v) is 7.80. The van der Waals surface area contributed by atoms with Crippen molar-refractivity contribution in [3.63, 3.8) is 0 Å². The highest BCUT2D eigenvalue weighted by molar-refractivity contribution is 6.31. The summed E-state index contributed by atoms with van der Waals surface area (Å²) in [6.45, 7) is 3.11. The lowest BCUT2D eigenvalue weighted by molar-refractivity contribution is -0.121. The van der Waals surface area contributed by atoms with Crippen molar-refractivity contribution in [3.8, 4) is 0 Å². The number of hydrogen-bond acceptors (Lipinski definition) is 2. The fourth-order valence-electron chi connectivity index (χ4n) is 2.59. The number of carbonyl (C=O) groups excluding carboxylic acids is 2. The van der Waals surface area contributed by atoms with Crippen LogP contribution in [0.3, 0.4) is 0 Å². The zero-order valence-electron chi connectivity index (χ0n) is 13.2. The Kier molecular flexibility index (Phi) is 5.29. The van der Waals surface area contributed by atoms with Crippen molar-refractivity contribution in [2.45, 2.75) is 19.8 Å². The summed E-state index contributed by atoms with van der Waals surface area (Å²) >= 11 is 6.07. The Morgan fingerprint density at radius 3 is 2.50 bits per heavy atom. The smallest absolute Gasteiger partial charge is 0.319 e. The first-order chi connectivity index (χ1) is 10.4. The number of rotatable bonds is 2. The van der Waals surface area contributed by atoms with E-state index >= 15 is 0 Å². The third kappa shape index (κ3) is 3.71. The van der Waals surface area contributed by atoms with Crippen molar-refractivity contribution >= 4 is 29.2 Å². The van der Waals surface area contributed by atoms with E-state index in [4.69, 9.17) is 11.6 Å². The Morgan fingerprint density at radius 2 is 1.91 bits per heavy atom. The zero-order valence-corrected chi connectivity index (χ0v) is 14.0. The number of amides is 3. The van der Waals surface area contributed by atoms with Gasteiger partial charge in [0.1, 0.15) is 0 Å². The molecule has 1 saturated heterocycles. The zero-order chi connectivity index (χ0) is 16.3. The van der Waals surface area contributed by atoms with E-state index in [1.54, 1.807) is 30.0 Å². The van der Waals surface area contributed by atoms with E-state index in [0.717, 1.165) is 11.3 Å². The maximum Gasteiger partial charge on any atom is 0.319 e. The normalized spacial score (nSPS) is 15.5. The van der Waals surface area contributed by atoms with Crippen LogP contribution < -0.4 is 5.32 Å². The highest BCUT2D eigenvalue weighted by Crippen LogP contribution is 2.25. The van der Waals surface area contributed by atoms with Crippen molar-refractivity contribution in [3.05, 3.63) is 28.8 Å². The van der Waals surface area contributed by atoms with Crippen LogP contribution in [0, 0.1) is 12.8 Å². The predicted octanol–water partition coefficient (Wildman–Crippen LogP) is 2.98. The summed E-state index contributed by atoms with van der Waals surface area (Å²) in [6.07, 6.45) is 1.37. The molecule has 5 nitrogen and oxygen atoms in total. The Bertz CT molecular complexity index is 567. The molecule has 120 valence electrons. The molecule has 3 amide bonds. The Hall–Kier alpha value is -1.75. The number of likely N-dealkylation sites (tertiary alicyclic amines) is 1. The standard InChI is InChI=1S/C16H22ClN3O2/c1-11-13(17)5-4-6-14(11)18-15(21)12-7-9-20(10-8-12)16(22)19(2)3/h4-6,12H,7-10H2,1-3H3,(H,18,21). The summed E-state index contributed by atoms with van der Waals surface area (Å²) in [5.74, 6) is -0.0630. The Labute approximate surface area is 136 Å². The Balaban J connectivity index is 1.93. The van der Waals surface area contributed by atoms with Gasteiger partial charge in [0.15, 0.2) is 0 Å². The van der Waals surface area contributed by atoms with E-state index < -0.39 is 0 Å². The molecule has 2 rings (SSSR count). The van der Waals surface area contributed by atoms with Crippen LogP contribution in [0.2, 0.25) is 5.02 Å². The summed E-state index contributed by atoms with van der Waals surface area (Å²) in [5.41, 5.74) is 1.63. The average Bonchev–Trinajstić information content (AvgIpc) is 2.51. The van der Waals surface area contributed by atoms with Crippen LogP contribution in [0.15, 0.2) is 18.2 Å². The van der Waals surface area contributed by atoms with E-state index in [1.807, 2.05) is 19.1 Å². The van der Waals surface area contributed by atoms with E-state index in [0.29, 0.717) is 31.0 Å². The maximum atomic E-state index is 12.4. The molecule has 6 heteroatoms. The van der Waals surface area contributed by atoms with E-state index in [9.17, 15) is 9.59 Å². The molecule has 1 aromatic carbocycles. The highest BCUT2D eigenvalue weighted by Gasteiger charge is 2.28. The lowest BCUT2D eigenvalue weighted by Crippen LogP contribution is -2.45. The molecule has 1 aromatic rings. The number of halogens is 1. The number of carbonyl (C=O) groups is 2. The molecule has 0 unspecified atom stereocenters. The van der Waals surface area contributed by atoms with Crippen LogP contribution in [0.1, 0.15) is 18.4 Å². The molecule has 1 N–H and O–H groups in total. The maximum absolute atomic E-state index is 12.4. The van der Waals surface area contributed by atoms with Crippen molar-refractivity contribution in [2.24, 2.45) is 5.92 Å². The van der Waals surface area contributed by atoms with Crippen LogP contribution in [0.4, 0.5) is 10.5 Å². The van der Waals surface area contributed by atoms with E-state index in [1.165, 1.54) is 0 Å². The van der Waals surface area contributed by atoms with Crippen LogP contribution in [-0.4, -0.2) is 48.9 Å². The molecule has 0 spiro atoms. The summed E-state index contributed by atoms with van der Waals surface area (Å²) in [5, 5.41) is 3.59. The van der Waals surface area contributed by atoms with Gasteiger partial charge in [0.2, 0.25) is 5.91 Å². The van der Waals surface area contributed by atoms with Crippen LogP contribution in [0.5, 0.6) is 0 Å². The average molecular weight is 324 g/mol.